The number of hydrogen-bond acceptors (Lipinski definition) is 3. The van der Waals surface area contributed by atoms with E-state index in [1.165, 1.54) is 0 Å². The molecule has 1 heterocycles. The highest BCUT2D eigenvalue weighted by Crippen LogP contribution is 2.27. The number of nitrogens with zero attached hydrogens (tertiary/aromatic N) is 2. The molecular formula is C14H17N3O. The van der Waals surface area contributed by atoms with Gasteiger partial charge in [-0.1, -0.05) is 0 Å². The molecule has 0 saturated carbocycles. The van der Waals surface area contributed by atoms with E-state index >= 15 is 0 Å². The van der Waals surface area contributed by atoms with Crippen LogP contribution < -0.4 is 10.6 Å². The summed E-state index contributed by atoms with van der Waals surface area (Å²) in [5, 5.41) is 8.78. The lowest BCUT2D eigenvalue weighted by Gasteiger charge is -2.38. The molecule has 1 aromatic carbocycles. The molecular weight excluding hydrogens is 226 g/mol. The van der Waals surface area contributed by atoms with Gasteiger partial charge in [0.25, 0.3) is 0 Å². The van der Waals surface area contributed by atoms with E-state index in [0.717, 1.165) is 18.5 Å². The van der Waals surface area contributed by atoms with Gasteiger partial charge in [0.05, 0.1) is 17.6 Å². The van der Waals surface area contributed by atoms with Crippen molar-refractivity contribution in [2.45, 2.75) is 25.8 Å². The third-order valence-corrected chi connectivity index (χ3v) is 3.61. The lowest BCUT2D eigenvalue weighted by atomic mass is 9.92. The van der Waals surface area contributed by atoms with Gasteiger partial charge in [0.2, 0.25) is 5.91 Å². The van der Waals surface area contributed by atoms with Crippen LogP contribution in [0.3, 0.4) is 0 Å². The molecule has 0 aliphatic carbocycles. The zero-order valence-electron chi connectivity index (χ0n) is 10.5. The molecule has 0 spiro atoms. The van der Waals surface area contributed by atoms with Gasteiger partial charge in [-0.3, -0.25) is 4.79 Å². The number of nitriles is 1. The predicted molar refractivity (Wildman–Crippen MR) is 69.9 cm³/mol. The summed E-state index contributed by atoms with van der Waals surface area (Å²) in [5.41, 5.74) is 7.09. The Morgan fingerprint density at radius 3 is 2.61 bits per heavy atom. The highest BCUT2D eigenvalue weighted by Gasteiger charge is 2.28. The van der Waals surface area contributed by atoms with Crippen molar-refractivity contribution in [2.24, 2.45) is 11.7 Å². The van der Waals surface area contributed by atoms with Gasteiger partial charge < -0.3 is 10.6 Å². The molecule has 1 aromatic rings. The van der Waals surface area contributed by atoms with Gasteiger partial charge in [-0.25, -0.2) is 0 Å². The summed E-state index contributed by atoms with van der Waals surface area (Å²) in [4.78, 5) is 13.5. The lowest BCUT2D eigenvalue weighted by Crippen LogP contribution is -2.45. The summed E-state index contributed by atoms with van der Waals surface area (Å²) in [7, 11) is 0. The third kappa shape index (κ3) is 2.45. The van der Waals surface area contributed by atoms with Gasteiger partial charge in [0.15, 0.2) is 0 Å². The Hall–Kier alpha value is -2.02. The van der Waals surface area contributed by atoms with Crippen molar-refractivity contribution in [2.75, 3.05) is 11.4 Å². The molecule has 0 radical (unpaired) electrons. The number of carbonyl (C=O) groups excluding carboxylic acids is 1. The molecule has 0 aromatic heterocycles. The number of carbonyl (C=O) groups is 1. The summed E-state index contributed by atoms with van der Waals surface area (Å²) in [6.45, 7) is 2.82. The summed E-state index contributed by atoms with van der Waals surface area (Å²) in [6.07, 6.45) is 1.83. The second-order valence-electron chi connectivity index (χ2n) is 4.84. The minimum Gasteiger partial charge on any atom is -0.369 e. The molecule has 1 aliphatic heterocycles. The van der Waals surface area contributed by atoms with E-state index in [0.29, 0.717) is 18.2 Å². The predicted octanol–water partition coefficient (Wildman–Crippen LogP) is 1.65. The van der Waals surface area contributed by atoms with Crippen LogP contribution in [-0.4, -0.2) is 18.5 Å². The summed E-state index contributed by atoms with van der Waals surface area (Å²) >= 11 is 0. The Morgan fingerprint density at radius 2 is 2.06 bits per heavy atom. The second-order valence-corrected chi connectivity index (χ2v) is 4.84. The zero-order chi connectivity index (χ0) is 13.1. The van der Waals surface area contributed by atoms with Crippen LogP contribution in [-0.2, 0) is 4.79 Å². The van der Waals surface area contributed by atoms with Crippen molar-refractivity contribution < 1.29 is 4.79 Å². The minimum atomic E-state index is -0.222. The van der Waals surface area contributed by atoms with Gasteiger partial charge in [0, 0.05) is 18.3 Å². The summed E-state index contributed by atoms with van der Waals surface area (Å²) in [6, 6.07) is 9.96. The Balaban J connectivity index is 2.19. The van der Waals surface area contributed by atoms with Crippen molar-refractivity contribution in [1.82, 2.24) is 0 Å². The highest BCUT2D eigenvalue weighted by molar-refractivity contribution is 5.77. The first-order valence-corrected chi connectivity index (χ1v) is 6.18. The number of amides is 1. The monoisotopic (exact) mass is 243 g/mol. The Labute approximate surface area is 107 Å². The maximum atomic E-state index is 11.3. The highest BCUT2D eigenvalue weighted by atomic mass is 16.1. The van der Waals surface area contributed by atoms with Crippen LogP contribution in [0.4, 0.5) is 5.69 Å². The number of hydrogen-bond donors (Lipinski definition) is 1. The first-order chi connectivity index (χ1) is 8.61. The van der Waals surface area contributed by atoms with Gasteiger partial charge >= 0.3 is 0 Å². The van der Waals surface area contributed by atoms with Crippen LogP contribution in [0.2, 0.25) is 0 Å². The Bertz CT molecular complexity index is 475. The molecule has 1 aliphatic rings. The molecule has 2 N–H and O–H groups in total. The maximum absolute atomic E-state index is 11.3. The van der Waals surface area contributed by atoms with Crippen molar-refractivity contribution in [3.63, 3.8) is 0 Å². The van der Waals surface area contributed by atoms with Gasteiger partial charge in [0.1, 0.15) is 0 Å². The molecule has 1 amide bonds. The van der Waals surface area contributed by atoms with Gasteiger partial charge in [-0.05, 0) is 44.0 Å². The Kier molecular flexibility index (Phi) is 3.52. The molecule has 18 heavy (non-hydrogen) atoms. The Morgan fingerprint density at radius 1 is 1.39 bits per heavy atom. The molecule has 1 saturated heterocycles. The van der Waals surface area contributed by atoms with E-state index in [-0.39, 0.29) is 11.8 Å². The van der Waals surface area contributed by atoms with Crippen LogP contribution >= 0.6 is 0 Å². The normalized spacial score (nSPS) is 23.4. The number of rotatable bonds is 2. The van der Waals surface area contributed by atoms with Crippen molar-refractivity contribution in [3.8, 4) is 6.07 Å². The van der Waals surface area contributed by atoms with Crippen LogP contribution in [0.1, 0.15) is 25.3 Å². The summed E-state index contributed by atoms with van der Waals surface area (Å²) < 4.78 is 0. The molecule has 4 nitrogen and oxygen atoms in total. The third-order valence-electron chi connectivity index (χ3n) is 3.61. The molecule has 4 heteroatoms. The van der Waals surface area contributed by atoms with Gasteiger partial charge in [-0.15, -0.1) is 0 Å². The number of piperidine rings is 1. The largest absolute Gasteiger partial charge is 0.369 e. The summed E-state index contributed by atoms with van der Waals surface area (Å²) in [5.74, 6) is -0.294. The topological polar surface area (TPSA) is 70.1 Å². The minimum absolute atomic E-state index is 0.0724. The first-order valence-electron chi connectivity index (χ1n) is 6.18. The fourth-order valence-corrected chi connectivity index (χ4v) is 2.43. The smallest absolute Gasteiger partial charge is 0.222 e. The van der Waals surface area contributed by atoms with E-state index in [1.54, 1.807) is 12.1 Å². The second kappa shape index (κ2) is 5.09. The average Bonchev–Trinajstić information content (AvgIpc) is 2.39. The first kappa shape index (κ1) is 12.4. The zero-order valence-corrected chi connectivity index (χ0v) is 10.5. The fraction of sp³-hybridized carbons (Fsp3) is 0.429. The number of primary amides is 1. The molecule has 2 atom stereocenters. The molecule has 2 unspecified atom stereocenters. The van der Waals surface area contributed by atoms with Gasteiger partial charge in [-0.2, -0.15) is 5.26 Å². The van der Waals surface area contributed by atoms with E-state index in [9.17, 15) is 4.79 Å². The van der Waals surface area contributed by atoms with Crippen molar-refractivity contribution in [1.29, 1.82) is 5.26 Å². The van der Waals surface area contributed by atoms with Crippen LogP contribution in [0.15, 0.2) is 24.3 Å². The van der Waals surface area contributed by atoms with Crippen molar-refractivity contribution >= 4 is 11.6 Å². The van der Waals surface area contributed by atoms with Crippen LogP contribution in [0, 0.1) is 17.2 Å². The standard InChI is InChI=1S/C14H17N3O/c1-10-2-5-12(14(16)18)9-17(10)13-6-3-11(8-15)4-7-13/h3-4,6-7,10,12H,2,5,9H2,1H3,(H2,16,18). The average molecular weight is 243 g/mol. The number of nitrogens with two attached hydrogens (primary N) is 1. The van der Waals surface area contributed by atoms with Crippen LogP contribution in [0.25, 0.3) is 0 Å². The number of anilines is 1. The lowest BCUT2D eigenvalue weighted by molar-refractivity contribution is -0.122. The van der Waals surface area contributed by atoms with E-state index in [4.69, 9.17) is 11.0 Å². The molecule has 94 valence electrons. The van der Waals surface area contributed by atoms with E-state index in [1.807, 2.05) is 12.1 Å². The number of benzene rings is 1. The maximum Gasteiger partial charge on any atom is 0.222 e. The van der Waals surface area contributed by atoms with Crippen LogP contribution in [0.5, 0.6) is 0 Å². The quantitative estimate of drug-likeness (QED) is 0.858. The molecule has 2 rings (SSSR count). The van der Waals surface area contributed by atoms with E-state index < -0.39 is 0 Å². The molecule has 0 bridgehead atoms. The SMILES string of the molecule is CC1CCC(C(N)=O)CN1c1ccc(C#N)cc1. The molecule has 1 fully saturated rings. The van der Waals surface area contributed by atoms with Crippen molar-refractivity contribution in [3.05, 3.63) is 29.8 Å². The fourth-order valence-electron chi connectivity index (χ4n) is 2.43. The van der Waals surface area contributed by atoms with E-state index in [2.05, 4.69) is 17.9 Å².